The Morgan fingerprint density at radius 2 is 2.13 bits per heavy atom. The molecule has 1 rings (SSSR count). The van der Waals surface area contributed by atoms with E-state index in [1.54, 1.807) is 6.92 Å². The molecule has 1 saturated carbocycles. The molecule has 0 amide bonds. The Hall–Kier alpha value is -0.660. The van der Waals surface area contributed by atoms with Crippen molar-refractivity contribution in [3.63, 3.8) is 0 Å². The van der Waals surface area contributed by atoms with E-state index >= 15 is 0 Å². The minimum Gasteiger partial charge on any atom is -0.480 e. The highest BCUT2D eigenvalue weighted by molar-refractivity contribution is 7.87. The average molecular weight is 236 g/mol. The van der Waals surface area contributed by atoms with Crippen LogP contribution in [0.5, 0.6) is 0 Å². The van der Waals surface area contributed by atoms with Crippen molar-refractivity contribution in [2.75, 3.05) is 0 Å². The number of nitrogens with one attached hydrogen (secondary N) is 2. The summed E-state index contributed by atoms with van der Waals surface area (Å²) in [6.07, 6.45) is 2.56. The molecule has 0 aromatic heterocycles. The Morgan fingerprint density at radius 3 is 2.53 bits per heavy atom. The molecule has 0 heterocycles. The number of carboxylic acids is 1. The molecule has 3 N–H and O–H groups in total. The quantitative estimate of drug-likeness (QED) is 0.571. The van der Waals surface area contributed by atoms with Crippen LogP contribution in [0.2, 0.25) is 0 Å². The standard InChI is InChI=1S/C8H16N2O4S/c1-2-3-7(8(11)12)10-15(13,14)9-6-4-5-6/h6-7,9-10H,2-5H2,1H3,(H,11,12)/t7-/m0/s1. The van der Waals surface area contributed by atoms with Crippen LogP contribution in [0.4, 0.5) is 0 Å². The van der Waals surface area contributed by atoms with E-state index in [1.165, 1.54) is 0 Å². The van der Waals surface area contributed by atoms with E-state index in [9.17, 15) is 13.2 Å². The zero-order valence-electron chi connectivity index (χ0n) is 8.56. The Bertz CT molecular complexity index is 324. The highest BCUT2D eigenvalue weighted by Crippen LogP contribution is 2.19. The van der Waals surface area contributed by atoms with Crippen molar-refractivity contribution in [1.29, 1.82) is 0 Å². The monoisotopic (exact) mass is 236 g/mol. The Kier molecular flexibility index (Phi) is 4.06. The molecule has 0 aromatic carbocycles. The van der Waals surface area contributed by atoms with Gasteiger partial charge in [0, 0.05) is 6.04 Å². The molecule has 0 aliphatic heterocycles. The first-order chi connectivity index (χ1) is 6.94. The number of carboxylic acid groups (broad SMARTS) is 1. The van der Waals surface area contributed by atoms with E-state index in [0.29, 0.717) is 12.8 Å². The van der Waals surface area contributed by atoms with Crippen molar-refractivity contribution in [2.24, 2.45) is 0 Å². The average Bonchev–Trinajstić information content (AvgIpc) is 2.86. The van der Waals surface area contributed by atoms with Crippen molar-refractivity contribution in [3.05, 3.63) is 0 Å². The zero-order chi connectivity index (χ0) is 11.5. The third kappa shape index (κ3) is 4.59. The second-order valence-corrected chi connectivity index (χ2v) is 5.17. The normalized spacial score (nSPS) is 18.7. The van der Waals surface area contributed by atoms with Crippen LogP contribution < -0.4 is 9.44 Å². The first-order valence-electron chi connectivity index (χ1n) is 4.97. The fourth-order valence-electron chi connectivity index (χ4n) is 1.16. The van der Waals surface area contributed by atoms with E-state index in [0.717, 1.165) is 12.8 Å². The van der Waals surface area contributed by atoms with Gasteiger partial charge in [0.2, 0.25) is 0 Å². The molecular formula is C8H16N2O4S. The lowest BCUT2D eigenvalue weighted by Crippen LogP contribution is -2.46. The van der Waals surface area contributed by atoms with Crippen molar-refractivity contribution >= 4 is 16.2 Å². The predicted molar refractivity (Wildman–Crippen MR) is 54.5 cm³/mol. The van der Waals surface area contributed by atoms with E-state index in [2.05, 4.69) is 9.44 Å². The molecule has 0 bridgehead atoms. The maximum Gasteiger partial charge on any atom is 0.321 e. The molecule has 1 aliphatic rings. The molecule has 0 spiro atoms. The lowest BCUT2D eigenvalue weighted by Gasteiger charge is -2.13. The Labute approximate surface area is 89.2 Å². The summed E-state index contributed by atoms with van der Waals surface area (Å²) in [5.41, 5.74) is 0. The summed E-state index contributed by atoms with van der Waals surface area (Å²) in [6, 6.07) is -1.05. The molecule has 1 atom stereocenters. The van der Waals surface area contributed by atoms with Gasteiger partial charge in [0.05, 0.1) is 0 Å². The first-order valence-corrected chi connectivity index (χ1v) is 6.45. The molecule has 1 fully saturated rings. The molecule has 0 saturated heterocycles. The van der Waals surface area contributed by atoms with Gasteiger partial charge in [0.1, 0.15) is 6.04 Å². The van der Waals surface area contributed by atoms with Gasteiger partial charge in [-0.3, -0.25) is 4.79 Å². The van der Waals surface area contributed by atoms with E-state index in [-0.39, 0.29) is 6.04 Å². The van der Waals surface area contributed by atoms with Crippen molar-refractivity contribution in [3.8, 4) is 0 Å². The van der Waals surface area contributed by atoms with Gasteiger partial charge in [-0.25, -0.2) is 0 Å². The molecule has 7 heteroatoms. The first kappa shape index (κ1) is 12.4. The van der Waals surface area contributed by atoms with Crippen LogP contribution in [0, 0.1) is 0 Å². The summed E-state index contributed by atoms with van der Waals surface area (Å²) >= 11 is 0. The summed E-state index contributed by atoms with van der Waals surface area (Å²) in [4.78, 5) is 10.7. The second-order valence-electron chi connectivity index (χ2n) is 3.69. The van der Waals surface area contributed by atoms with Crippen LogP contribution in [-0.2, 0) is 15.0 Å². The fourth-order valence-corrected chi connectivity index (χ4v) is 2.50. The second kappa shape index (κ2) is 4.91. The molecule has 0 unspecified atom stereocenters. The maximum absolute atomic E-state index is 11.4. The SMILES string of the molecule is CCC[C@H](NS(=O)(=O)NC1CC1)C(=O)O. The minimum absolute atomic E-state index is 0.0152. The van der Waals surface area contributed by atoms with E-state index in [1.807, 2.05) is 0 Å². The molecule has 88 valence electrons. The van der Waals surface area contributed by atoms with Crippen molar-refractivity contribution < 1.29 is 18.3 Å². The van der Waals surface area contributed by atoms with Crippen LogP contribution in [0.15, 0.2) is 0 Å². The van der Waals surface area contributed by atoms with Gasteiger partial charge < -0.3 is 5.11 Å². The van der Waals surface area contributed by atoms with Gasteiger partial charge in [-0.15, -0.1) is 0 Å². The summed E-state index contributed by atoms with van der Waals surface area (Å²) in [5, 5.41) is 8.76. The zero-order valence-corrected chi connectivity index (χ0v) is 9.38. The summed E-state index contributed by atoms with van der Waals surface area (Å²) in [6.45, 7) is 1.80. The van der Waals surface area contributed by atoms with Crippen molar-refractivity contribution in [1.82, 2.24) is 9.44 Å². The molecule has 15 heavy (non-hydrogen) atoms. The highest BCUT2D eigenvalue weighted by Gasteiger charge is 2.29. The molecule has 0 radical (unpaired) electrons. The summed E-state index contributed by atoms with van der Waals surface area (Å²) in [7, 11) is -3.67. The van der Waals surface area contributed by atoms with E-state index < -0.39 is 22.2 Å². The van der Waals surface area contributed by atoms with Crippen LogP contribution in [0.3, 0.4) is 0 Å². The van der Waals surface area contributed by atoms with Gasteiger partial charge in [-0.05, 0) is 19.3 Å². The number of hydrogen-bond donors (Lipinski definition) is 3. The van der Waals surface area contributed by atoms with Crippen LogP contribution in [0.25, 0.3) is 0 Å². The molecule has 1 aliphatic carbocycles. The van der Waals surface area contributed by atoms with Crippen LogP contribution >= 0.6 is 0 Å². The lowest BCUT2D eigenvalue weighted by atomic mass is 10.2. The van der Waals surface area contributed by atoms with Gasteiger partial charge in [-0.2, -0.15) is 17.9 Å². The smallest absolute Gasteiger partial charge is 0.321 e. The van der Waals surface area contributed by atoms with Gasteiger partial charge in [0.25, 0.3) is 10.2 Å². The highest BCUT2D eigenvalue weighted by atomic mass is 32.2. The third-order valence-corrected chi connectivity index (χ3v) is 3.31. The Morgan fingerprint density at radius 1 is 1.53 bits per heavy atom. The lowest BCUT2D eigenvalue weighted by molar-refractivity contribution is -0.139. The van der Waals surface area contributed by atoms with Crippen LogP contribution in [-0.4, -0.2) is 31.6 Å². The van der Waals surface area contributed by atoms with Crippen molar-refractivity contribution in [2.45, 2.75) is 44.7 Å². The third-order valence-electron chi connectivity index (χ3n) is 2.07. The predicted octanol–water partition coefficient (Wildman–Crippen LogP) is -0.174. The molecule has 0 aromatic rings. The summed E-state index contributed by atoms with van der Waals surface area (Å²) in [5.74, 6) is -1.14. The van der Waals surface area contributed by atoms with E-state index in [4.69, 9.17) is 5.11 Å². The Balaban J connectivity index is 2.51. The number of rotatable bonds is 7. The van der Waals surface area contributed by atoms with Gasteiger partial charge in [0.15, 0.2) is 0 Å². The largest absolute Gasteiger partial charge is 0.480 e. The number of hydrogen-bond acceptors (Lipinski definition) is 3. The minimum atomic E-state index is -3.67. The molecular weight excluding hydrogens is 220 g/mol. The summed E-state index contributed by atoms with van der Waals surface area (Å²) < 4.78 is 27.3. The number of aliphatic carboxylic acids is 1. The molecule has 6 nitrogen and oxygen atoms in total. The maximum atomic E-state index is 11.4. The number of carbonyl (C=O) groups is 1. The fraction of sp³-hybridized carbons (Fsp3) is 0.875. The van der Waals surface area contributed by atoms with Gasteiger partial charge >= 0.3 is 5.97 Å². The topological polar surface area (TPSA) is 95.5 Å². The van der Waals surface area contributed by atoms with Gasteiger partial charge in [-0.1, -0.05) is 13.3 Å². The van der Waals surface area contributed by atoms with Crippen LogP contribution in [0.1, 0.15) is 32.6 Å².